The van der Waals surface area contributed by atoms with Crippen molar-refractivity contribution < 1.29 is 13.6 Å². The molecule has 0 unspecified atom stereocenters. The van der Waals surface area contributed by atoms with Gasteiger partial charge in [0.05, 0.1) is 0 Å². The average Bonchev–Trinajstić information content (AvgIpc) is 2.61. The molecule has 0 bridgehead atoms. The van der Waals surface area contributed by atoms with Crippen LogP contribution in [-0.2, 0) is 13.6 Å². The monoisotopic (exact) mass is 200 g/mol. The first-order valence-electron chi connectivity index (χ1n) is 3.77. The lowest BCUT2D eigenvalue weighted by Gasteiger charge is -2.10. The quantitative estimate of drug-likeness (QED) is 0.651. The Kier molecular flexibility index (Phi) is 1.70. The summed E-state index contributed by atoms with van der Waals surface area (Å²) in [7, 11) is -3.21. The molecule has 0 atom stereocenters. The second kappa shape index (κ2) is 2.64. The van der Waals surface area contributed by atoms with Gasteiger partial charge >= 0.3 is 7.75 Å². The first-order valence-corrected chi connectivity index (χ1v) is 5.27. The van der Waals surface area contributed by atoms with Crippen molar-refractivity contribution in [2.45, 2.75) is 13.8 Å². The Morgan fingerprint density at radius 1 is 1.38 bits per heavy atom. The molecule has 0 saturated heterocycles. The molecule has 70 valence electrons. The third-order valence-corrected chi connectivity index (χ3v) is 3.59. The van der Waals surface area contributed by atoms with E-state index >= 15 is 0 Å². The standard InChI is InChI=1S/C7H9N2O3P/c1-6-7(2)12-13(10,11-6)9-4-3-8-5-9/h3-5H,1-2H3. The van der Waals surface area contributed by atoms with Crippen LogP contribution in [0, 0.1) is 0 Å². The molecule has 0 radical (unpaired) electrons. The minimum absolute atomic E-state index is 0.553. The molecule has 0 aromatic carbocycles. The molecule has 1 aromatic heterocycles. The number of aromatic nitrogens is 2. The van der Waals surface area contributed by atoms with Crippen molar-refractivity contribution >= 4 is 7.75 Å². The van der Waals surface area contributed by atoms with Crippen LogP contribution in [0.25, 0.3) is 0 Å². The fourth-order valence-electron chi connectivity index (χ4n) is 0.985. The molecular weight excluding hydrogens is 191 g/mol. The molecule has 6 heteroatoms. The second-order valence-electron chi connectivity index (χ2n) is 2.71. The first-order chi connectivity index (χ1) is 6.12. The maximum atomic E-state index is 11.9. The van der Waals surface area contributed by atoms with Crippen LogP contribution in [0.5, 0.6) is 0 Å². The van der Waals surface area contributed by atoms with E-state index in [1.807, 2.05) is 0 Å². The summed E-state index contributed by atoms with van der Waals surface area (Å²) in [4.78, 5) is 3.77. The first kappa shape index (κ1) is 8.38. The lowest BCUT2D eigenvalue weighted by atomic mass is 10.5. The number of hydrogen-bond donors (Lipinski definition) is 0. The highest BCUT2D eigenvalue weighted by Gasteiger charge is 2.37. The van der Waals surface area contributed by atoms with Gasteiger partial charge in [-0.05, 0) is 13.8 Å². The summed E-state index contributed by atoms with van der Waals surface area (Å²) in [6, 6.07) is 0. The van der Waals surface area contributed by atoms with Crippen molar-refractivity contribution in [1.82, 2.24) is 9.32 Å². The van der Waals surface area contributed by atoms with Gasteiger partial charge in [0, 0.05) is 12.4 Å². The summed E-state index contributed by atoms with van der Waals surface area (Å²) in [5.74, 6) is 1.11. The van der Waals surface area contributed by atoms with Gasteiger partial charge in [-0.25, -0.2) is 13.9 Å². The van der Waals surface area contributed by atoms with E-state index in [9.17, 15) is 4.57 Å². The molecule has 2 heterocycles. The molecule has 0 saturated carbocycles. The number of nitrogens with zero attached hydrogens (tertiary/aromatic N) is 2. The Balaban J connectivity index is 2.34. The van der Waals surface area contributed by atoms with Crippen LogP contribution < -0.4 is 0 Å². The predicted molar refractivity (Wildman–Crippen MR) is 45.8 cm³/mol. The van der Waals surface area contributed by atoms with E-state index in [4.69, 9.17) is 9.05 Å². The topological polar surface area (TPSA) is 53.4 Å². The number of rotatable bonds is 1. The van der Waals surface area contributed by atoms with Crippen LogP contribution in [0.15, 0.2) is 30.2 Å². The lowest BCUT2D eigenvalue weighted by molar-refractivity contribution is 0.341. The van der Waals surface area contributed by atoms with E-state index in [-0.39, 0.29) is 0 Å². The van der Waals surface area contributed by atoms with Gasteiger partial charge in [0.15, 0.2) is 0 Å². The van der Waals surface area contributed by atoms with E-state index in [2.05, 4.69) is 4.98 Å². The molecule has 2 rings (SSSR count). The van der Waals surface area contributed by atoms with Crippen molar-refractivity contribution in [2.24, 2.45) is 0 Å². The van der Waals surface area contributed by atoms with Crippen LogP contribution in [0.1, 0.15) is 13.8 Å². The Hall–Kier alpha value is -1.22. The number of imidazole rings is 1. The van der Waals surface area contributed by atoms with Crippen molar-refractivity contribution in [3.05, 3.63) is 30.2 Å². The molecule has 0 spiro atoms. The maximum Gasteiger partial charge on any atom is 0.548 e. The summed E-state index contributed by atoms with van der Waals surface area (Å²) in [5.41, 5.74) is 0. The molecular formula is C7H9N2O3P. The smallest absolute Gasteiger partial charge is 0.401 e. The van der Waals surface area contributed by atoms with Crippen molar-refractivity contribution in [1.29, 1.82) is 0 Å². The minimum Gasteiger partial charge on any atom is -0.401 e. The molecule has 1 aliphatic rings. The fourth-order valence-corrected chi connectivity index (χ4v) is 2.57. The zero-order chi connectivity index (χ0) is 9.47. The molecule has 5 nitrogen and oxygen atoms in total. The number of hydrogen-bond acceptors (Lipinski definition) is 4. The Labute approximate surface area is 75.6 Å². The van der Waals surface area contributed by atoms with Crippen molar-refractivity contribution in [3.63, 3.8) is 0 Å². The zero-order valence-electron chi connectivity index (χ0n) is 7.30. The lowest BCUT2D eigenvalue weighted by Crippen LogP contribution is -1.93. The zero-order valence-corrected chi connectivity index (χ0v) is 8.19. The maximum absolute atomic E-state index is 11.9. The van der Waals surface area contributed by atoms with E-state index < -0.39 is 7.75 Å². The van der Waals surface area contributed by atoms with Crippen LogP contribution in [0.3, 0.4) is 0 Å². The largest absolute Gasteiger partial charge is 0.548 e. The molecule has 0 aliphatic carbocycles. The van der Waals surface area contributed by atoms with E-state index in [1.54, 1.807) is 20.0 Å². The predicted octanol–water partition coefficient (Wildman–Crippen LogP) is 2.14. The third kappa shape index (κ3) is 1.25. The van der Waals surface area contributed by atoms with E-state index in [0.29, 0.717) is 11.5 Å². The molecule has 1 aliphatic heterocycles. The summed E-state index contributed by atoms with van der Waals surface area (Å²) in [6.45, 7) is 3.43. The highest BCUT2D eigenvalue weighted by molar-refractivity contribution is 7.52. The van der Waals surface area contributed by atoms with Gasteiger partial charge < -0.3 is 9.05 Å². The summed E-state index contributed by atoms with van der Waals surface area (Å²) < 4.78 is 23.6. The SMILES string of the molecule is CC1=C(C)OP(=O)(n2ccnc2)O1. The molecule has 13 heavy (non-hydrogen) atoms. The van der Waals surface area contributed by atoms with Gasteiger partial charge in [0.2, 0.25) is 0 Å². The van der Waals surface area contributed by atoms with Crippen LogP contribution in [-0.4, -0.2) is 9.32 Å². The van der Waals surface area contributed by atoms with Crippen LogP contribution in [0.2, 0.25) is 0 Å². The second-order valence-corrected chi connectivity index (χ2v) is 4.47. The minimum atomic E-state index is -3.21. The Bertz CT molecular complexity index is 378. The third-order valence-electron chi connectivity index (χ3n) is 1.77. The average molecular weight is 200 g/mol. The molecule has 0 N–H and O–H groups in total. The van der Waals surface area contributed by atoms with Gasteiger partial charge in [-0.15, -0.1) is 0 Å². The molecule has 0 fully saturated rings. The van der Waals surface area contributed by atoms with Crippen LogP contribution in [0.4, 0.5) is 0 Å². The molecule has 1 aromatic rings. The fraction of sp³-hybridized carbons (Fsp3) is 0.286. The van der Waals surface area contributed by atoms with Gasteiger partial charge in [-0.2, -0.15) is 0 Å². The summed E-state index contributed by atoms with van der Waals surface area (Å²) in [6.07, 6.45) is 4.48. The number of allylic oxidation sites excluding steroid dienone is 2. The normalized spacial score (nSPS) is 19.8. The van der Waals surface area contributed by atoms with Crippen molar-refractivity contribution in [2.75, 3.05) is 0 Å². The van der Waals surface area contributed by atoms with E-state index in [1.165, 1.54) is 16.9 Å². The van der Waals surface area contributed by atoms with Gasteiger partial charge in [-0.3, -0.25) is 0 Å². The van der Waals surface area contributed by atoms with Crippen LogP contribution >= 0.6 is 7.75 Å². The van der Waals surface area contributed by atoms with Gasteiger partial charge in [0.1, 0.15) is 17.8 Å². The summed E-state index contributed by atoms with van der Waals surface area (Å²) in [5, 5.41) is 0. The Morgan fingerprint density at radius 3 is 2.46 bits per heavy atom. The highest BCUT2D eigenvalue weighted by atomic mass is 31.2. The van der Waals surface area contributed by atoms with Crippen molar-refractivity contribution in [3.8, 4) is 0 Å². The highest BCUT2D eigenvalue weighted by Crippen LogP contribution is 2.57. The van der Waals surface area contributed by atoms with Gasteiger partial charge in [0.25, 0.3) is 0 Å². The molecule has 0 amide bonds. The van der Waals surface area contributed by atoms with Gasteiger partial charge in [-0.1, -0.05) is 0 Å². The van der Waals surface area contributed by atoms with E-state index in [0.717, 1.165) is 0 Å². The summed E-state index contributed by atoms with van der Waals surface area (Å²) >= 11 is 0. The Morgan fingerprint density at radius 2 is 2.00 bits per heavy atom.